The number of furan rings is 1. The highest BCUT2D eigenvalue weighted by molar-refractivity contribution is 5.80. The third-order valence-corrected chi connectivity index (χ3v) is 4.13. The van der Waals surface area contributed by atoms with E-state index in [2.05, 4.69) is 0 Å². The molecule has 3 unspecified atom stereocenters. The monoisotopic (exact) mass is 288 g/mol. The molecule has 0 aliphatic heterocycles. The van der Waals surface area contributed by atoms with Crippen LogP contribution in [0.25, 0.3) is 11.0 Å². The Morgan fingerprint density at radius 1 is 1.29 bits per heavy atom. The van der Waals surface area contributed by atoms with E-state index in [1.807, 2.05) is 62.9 Å². The maximum atomic E-state index is 12.5. The predicted molar refractivity (Wildman–Crippen MR) is 84.8 cm³/mol. The first kappa shape index (κ1) is 15.6. The van der Waals surface area contributed by atoms with E-state index in [4.69, 9.17) is 10.2 Å². The van der Waals surface area contributed by atoms with Gasteiger partial charge in [0.1, 0.15) is 11.3 Å². The highest BCUT2D eigenvalue weighted by Crippen LogP contribution is 2.28. The summed E-state index contributed by atoms with van der Waals surface area (Å²) in [5, 5.41) is 1.06. The maximum absolute atomic E-state index is 12.5. The van der Waals surface area contributed by atoms with Crippen LogP contribution in [0.4, 0.5) is 0 Å². The van der Waals surface area contributed by atoms with Crippen molar-refractivity contribution >= 4 is 16.9 Å². The highest BCUT2D eigenvalue weighted by atomic mass is 16.3. The summed E-state index contributed by atoms with van der Waals surface area (Å²) in [7, 11) is 0. The van der Waals surface area contributed by atoms with Crippen LogP contribution in [-0.2, 0) is 4.79 Å². The summed E-state index contributed by atoms with van der Waals surface area (Å²) in [4.78, 5) is 14.4. The molecule has 2 rings (SSSR count). The molecule has 0 radical (unpaired) electrons. The van der Waals surface area contributed by atoms with Gasteiger partial charge in [-0.3, -0.25) is 4.79 Å². The molecule has 114 valence electrons. The van der Waals surface area contributed by atoms with Crippen LogP contribution in [0, 0.1) is 5.92 Å². The third-order valence-electron chi connectivity index (χ3n) is 4.13. The van der Waals surface area contributed by atoms with Gasteiger partial charge in [-0.2, -0.15) is 0 Å². The van der Waals surface area contributed by atoms with Crippen molar-refractivity contribution in [2.24, 2.45) is 11.7 Å². The Hall–Kier alpha value is -1.81. The quantitative estimate of drug-likeness (QED) is 0.918. The summed E-state index contributed by atoms with van der Waals surface area (Å²) < 4.78 is 5.88. The van der Waals surface area contributed by atoms with Crippen LogP contribution in [0.1, 0.15) is 39.5 Å². The molecule has 0 fully saturated rings. The number of benzene rings is 1. The predicted octanol–water partition coefficient (Wildman–Crippen LogP) is 3.33. The number of rotatable bonds is 5. The zero-order chi connectivity index (χ0) is 15.6. The van der Waals surface area contributed by atoms with Crippen LogP contribution >= 0.6 is 0 Å². The first-order valence-electron chi connectivity index (χ1n) is 7.50. The molecule has 0 saturated heterocycles. The van der Waals surface area contributed by atoms with Gasteiger partial charge < -0.3 is 15.1 Å². The van der Waals surface area contributed by atoms with Gasteiger partial charge in [-0.1, -0.05) is 25.1 Å². The van der Waals surface area contributed by atoms with E-state index in [0.29, 0.717) is 6.54 Å². The molecule has 2 N–H and O–H groups in total. The second-order valence-corrected chi connectivity index (χ2v) is 5.63. The highest BCUT2D eigenvalue weighted by Gasteiger charge is 2.28. The third kappa shape index (κ3) is 3.10. The lowest BCUT2D eigenvalue weighted by atomic mass is 10.0. The molecular weight excluding hydrogens is 264 g/mol. The molecule has 0 spiro atoms. The molecule has 4 nitrogen and oxygen atoms in total. The first-order chi connectivity index (χ1) is 9.95. The van der Waals surface area contributed by atoms with Gasteiger partial charge >= 0.3 is 0 Å². The number of fused-ring (bicyclic) bond motifs is 1. The van der Waals surface area contributed by atoms with E-state index >= 15 is 0 Å². The average Bonchev–Trinajstić information content (AvgIpc) is 2.90. The molecule has 2 aromatic rings. The Bertz CT molecular complexity index is 585. The number of nitrogens with two attached hydrogens (primary N) is 1. The Balaban J connectivity index is 2.27. The van der Waals surface area contributed by atoms with Crippen molar-refractivity contribution in [1.29, 1.82) is 0 Å². The Labute approximate surface area is 125 Å². The standard InChI is InChI=1S/C17H24N2O2/c1-5-19(17(20)11(2)12(3)18)13(4)16-10-14-8-6-7-9-15(14)21-16/h6-13H,5,18H2,1-4H3. The SMILES string of the molecule is CCN(C(=O)C(C)C(C)N)C(C)c1cc2ccccc2o1. The summed E-state index contributed by atoms with van der Waals surface area (Å²) in [5.41, 5.74) is 6.71. The van der Waals surface area contributed by atoms with Gasteiger partial charge in [-0.25, -0.2) is 0 Å². The molecule has 21 heavy (non-hydrogen) atoms. The van der Waals surface area contributed by atoms with E-state index in [0.717, 1.165) is 16.7 Å². The number of carbonyl (C=O) groups is 1. The number of nitrogens with zero attached hydrogens (tertiary/aromatic N) is 1. The van der Waals surface area contributed by atoms with Crippen molar-refractivity contribution in [1.82, 2.24) is 4.90 Å². The normalized spacial score (nSPS) is 15.7. The number of para-hydroxylation sites is 1. The van der Waals surface area contributed by atoms with Crippen molar-refractivity contribution in [2.75, 3.05) is 6.54 Å². The van der Waals surface area contributed by atoms with Crippen LogP contribution in [-0.4, -0.2) is 23.4 Å². The van der Waals surface area contributed by atoms with Crippen molar-refractivity contribution in [3.05, 3.63) is 36.1 Å². The van der Waals surface area contributed by atoms with Crippen LogP contribution < -0.4 is 5.73 Å². The van der Waals surface area contributed by atoms with Crippen LogP contribution in [0.3, 0.4) is 0 Å². The van der Waals surface area contributed by atoms with Crippen molar-refractivity contribution < 1.29 is 9.21 Å². The molecule has 1 heterocycles. The van der Waals surface area contributed by atoms with Gasteiger partial charge in [0.25, 0.3) is 0 Å². The lowest BCUT2D eigenvalue weighted by Crippen LogP contribution is -2.42. The molecule has 1 aromatic carbocycles. The number of hydrogen-bond donors (Lipinski definition) is 1. The van der Waals surface area contributed by atoms with Crippen LogP contribution in [0.15, 0.2) is 34.7 Å². The minimum Gasteiger partial charge on any atom is -0.459 e. The molecule has 4 heteroatoms. The van der Waals surface area contributed by atoms with Crippen LogP contribution in [0.2, 0.25) is 0 Å². The smallest absolute Gasteiger partial charge is 0.227 e. The molecule has 3 atom stereocenters. The van der Waals surface area contributed by atoms with Gasteiger partial charge in [0, 0.05) is 18.0 Å². The second-order valence-electron chi connectivity index (χ2n) is 5.63. The summed E-state index contributed by atoms with van der Waals surface area (Å²) in [6.07, 6.45) is 0. The second kappa shape index (κ2) is 6.31. The Morgan fingerprint density at radius 3 is 2.52 bits per heavy atom. The summed E-state index contributed by atoms with van der Waals surface area (Å²) >= 11 is 0. The maximum Gasteiger partial charge on any atom is 0.227 e. The fourth-order valence-corrected chi connectivity index (χ4v) is 2.47. The zero-order valence-electron chi connectivity index (χ0n) is 13.2. The number of carbonyl (C=O) groups excluding carboxylic acids is 1. The minimum absolute atomic E-state index is 0.0699. The molecule has 0 aliphatic carbocycles. The lowest BCUT2D eigenvalue weighted by molar-refractivity contribution is -0.137. The van der Waals surface area contributed by atoms with E-state index in [-0.39, 0.29) is 23.9 Å². The fraction of sp³-hybridized carbons (Fsp3) is 0.471. The molecular formula is C17H24N2O2. The molecule has 1 amide bonds. The topological polar surface area (TPSA) is 59.5 Å². The lowest BCUT2D eigenvalue weighted by Gasteiger charge is -2.30. The fourth-order valence-electron chi connectivity index (χ4n) is 2.47. The van der Waals surface area contributed by atoms with E-state index in [1.165, 1.54) is 0 Å². The van der Waals surface area contributed by atoms with E-state index in [9.17, 15) is 4.79 Å². The van der Waals surface area contributed by atoms with Crippen LogP contribution in [0.5, 0.6) is 0 Å². The molecule has 1 aromatic heterocycles. The van der Waals surface area contributed by atoms with Gasteiger partial charge in [0.05, 0.1) is 12.0 Å². The Morgan fingerprint density at radius 2 is 1.95 bits per heavy atom. The van der Waals surface area contributed by atoms with Gasteiger partial charge in [0.15, 0.2) is 0 Å². The summed E-state index contributed by atoms with van der Waals surface area (Å²) in [6, 6.07) is 9.62. The zero-order valence-corrected chi connectivity index (χ0v) is 13.2. The number of amides is 1. The molecule has 0 saturated carbocycles. The van der Waals surface area contributed by atoms with Gasteiger partial charge in [-0.05, 0) is 32.9 Å². The van der Waals surface area contributed by atoms with Crippen molar-refractivity contribution in [3.63, 3.8) is 0 Å². The summed E-state index contributed by atoms with van der Waals surface area (Å²) in [6.45, 7) is 8.34. The molecule has 0 bridgehead atoms. The van der Waals surface area contributed by atoms with E-state index in [1.54, 1.807) is 0 Å². The van der Waals surface area contributed by atoms with E-state index < -0.39 is 0 Å². The molecule has 0 aliphatic rings. The minimum atomic E-state index is -0.197. The number of hydrogen-bond acceptors (Lipinski definition) is 3. The van der Waals surface area contributed by atoms with Gasteiger partial charge in [0.2, 0.25) is 5.91 Å². The van der Waals surface area contributed by atoms with Crippen molar-refractivity contribution in [2.45, 2.75) is 39.8 Å². The largest absolute Gasteiger partial charge is 0.459 e. The average molecular weight is 288 g/mol. The van der Waals surface area contributed by atoms with Gasteiger partial charge in [-0.15, -0.1) is 0 Å². The first-order valence-corrected chi connectivity index (χ1v) is 7.50. The Kier molecular flexibility index (Phi) is 4.68. The van der Waals surface area contributed by atoms with Crippen molar-refractivity contribution in [3.8, 4) is 0 Å². The summed E-state index contributed by atoms with van der Waals surface area (Å²) in [5.74, 6) is 0.681.